The number of aromatic nitrogens is 4. The monoisotopic (exact) mass is 204 g/mol. The first-order valence-corrected chi connectivity index (χ1v) is 4.78. The maximum atomic E-state index is 10.0. The van der Waals surface area contributed by atoms with E-state index in [2.05, 4.69) is 15.1 Å². The molecule has 15 heavy (non-hydrogen) atoms. The quantitative estimate of drug-likeness (QED) is 0.802. The van der Waals surface area contributed by atoms with Crippen LogP contribution in [0.3, 0.4) is 0 Å². The molecule has 78 valence electrons. The van der Waals surface area contributed by atoms with Crippen LogP contribution in [0.5, 0.6) is 0 Å². The Hall–Kier alpha value is -1.75. The summed E-state index contributed by atoms with van der Waals surface area (Å²) in [5.41, 5.74) is 1.33. The van der Waals surface area contributed by atoms with Crippen LogP contribution < -0.4 is 0 Å². The number of aliphatic hydroxyl groups is 1. The summed E-state index contributed by atoms with van der Waals surface area (Å²) in [6, 6.07) is 3.48. The van der Waals surface area contributed by atoms with Crippen molar-refractivity contribution in [3.63, 3.8) is 0 Å². The smallest absolute Gasteiger partial charge is 0.138 e. The Morgan fingerprint density at radius 3 is 2.93 bits per heavy atom. The van der Waals surface area contributed by atoms with Crippen molar-refractivity contribution in [1.82, 2.24) is 19.7 Å². The SMILES string of the molecule is CCn1nccc1C(O)c1ccncn1. The number of rotatable bonds is 3. The molecule has 1 N–H and O–H groups in total. The Morgan fingerprint density at radius 2 is 2.27 bits per heavy atom. The Morgan fingerprint density at radius 1 is 1.40 bits per heavy atom. The summed E-state index contributed by atoms with van der Waals surface area (Å²) in [6.45, 7) is 2.70. The largest absolute Gasteiger partial charge is 0.380 e. The lowest BCUT2D eigenvalue weighted by Crippen LogP contribution is -2.10. The standard InChI is InChI=1S/C10H12N4O/c1-2-14-9(4-6-13-14)10(15)8-3-5-11-7-12-8/h3-7,10,15H,2H2,1H3. The van der Waals surface area contributed by atoms with Gasteiger partial charge in [0, 0.05) is 18.9 Å². The molecule has 1 atom stereocenters. The van der Waals surface area contributed by atoms with E-state index in [0.717, 1.165) is 12.2 Å². The predicted octanol–water partition coefficient (Wildman–Crippen LogP) is 0.775. The van der Waals surface area contributed by atoms with Crippen LogP contribution in [-0.2, 0) is 6.54 Å². The van der Waals surface area contributed by atoms with Gasteiger partial charge in [-0.25, -0.2) is 9.97 Å². The van der Waals surface area contributed by atoms with Gasteiger partial charge in [0.05, 0.1) is 11.4 Å². The average Bonchev–Trinajstić information content (AvgIpc) is 2.77. The van der Waals surface area contributed by atoms with Crippen LogP contribution in [0.25, 0.3) is 0 Å². The zero-order valence-corrected chi connectivity index (χ0v) is 8.41. The molecule has 2 aromatic rings. The Labute approximate surface area is 87.4 Å². The van der Waals surface area contributed by atoms with Gasteiger partial charge in [0.25, 0.3) is 0 Å². The van der Waals surface area contributed by atoms with Crippen LogP contribution in [0.2, 0.25) is 0 Å². The molecule has 0 spiro atoms. The van der Waals surface area contributed by atoms with Crippen molar-refractivity contribution in [2.75, 3.05) is 0 Å². The predicted molar refractivity (Wildman–Crippen MR) is 54.0 cm³/mol. The van der Waals surface area contributed by atoms with E-state index in [-0.39, 0.29) is 0 Å². The van der Waals surface area contributed by atoms with Gasteiger partial charge in [0.15, 0.2) is 0 Å². The molecular formula is C10H12N4O. The minimum atomic E-state index is -0.740. The second-order valence-electron chi connectivity index (χ2n) is 3.11. The Balaban J connectivity index is 2.32. The zero-order chi connectivity index (χ0) is 10.7. The minimum absolute atomic E-state index is 0.584. The molecule has 2 rings (SSSR count). The normalized spacial score (nSPS) is 12.7. The number of nitrogens with zero attached hydrogens (tertiary/aromatic N) is 4. The van der Waals surface area contributed by atoms with E-state index in [1.165, 1.54) is 6.33 Å². The first-order chi connectivity index (χ1) is 7.33. The third-order valence-electron chi connectivity index (χ3n) is 2.21. The van der Waals surface area contributed by atoms with Gasteiger partial charge in [-0.3, -0.25) is 4.68 Å². The van der Waals surface area contributed by atoms with Gasteiger partial charge in [0.1, 0.15) is 12.4 Å². The molecule has 0 aliphatic carbocycles. The molecule has 5 nitrogen and oxygen atoms in total. The lowest BCUT2D eigenvalue weighted by atomic mass is 10.2. The van der Waals surface area contributed by atoms with Crippen LogP contribution in [-0.4, -0.2) is 24.9 Å². The molecule has 0 aliphatic heterocycles. The zero-order valence-electron chi connectivity index (χ0n) is 8.41. The topological polar surface area (TPSA) is 63.8 Å². The number of hydrogen-bond donors (Lipinski definition) is 1. The fourth-order valence-corrected chi connectivity index (χ4v) is 1.45. The summed E-state index contributed by atoms with van der Waals surface area (Å²) in [5, 5.41) is 14.1. The van der Waals surface area contributed by atoms with Gasteiger partial charge in [0.2, 0.25) is 0 Å². The highest BCUT2D eigenvalue weighted by atomic mass is 16.3. The molecule has 0 aromatic carbocycles. The third-order valence-corrected chi connectivity index (χ3v) is 2.21. The van der Waals surface area contributed by atoms with Crippen molar-refractivity contribution in [2.45, 2.75) is 19.6 Å². The fourth-order valence-electron chi connectivity index (χ4n) is 1.45. The summed E-state index contributed by atoms with van der Waals surface area (Å²) < 4.78 is 1.74. The lowest BCUT2D eigenvalue weighted by molar-refractivity contribution is 0.203. The summed E-state index contributed by atoms with van der Waals surface area (Å²) in [4.78, 5) is 7.81. The van der Waals surface area contributed by atoms with Gasteiger partial charge in [-0.05, 0) is 19.1 Å². The third kappa shape index (κ3) is 1.87. The molecule has 0 fully saturated rings. The molecule has 2 heterocycles. The minimum Gasteiger partial charge on any atom is -0.380 e. The molecule has 2 aromatic heterocycles. The van der Waals surface area contributed by atoms with E-state index in [9.17, 15) is 5.11 Å². The van der Waals surface area contributed by atoms with Crippen molar-refractivity contribution in [2.24, 2.45) is 0 Å². The van der Waals surface area contributed by atoms with Crippen molar-refractivity contribution in [3.05, 3.63) is 42.2 Å². The van der Waals surface area contributed by atoms with E-state index in [4.69, 9.17) is 0 Å². The van der Waals surface area contributed by atoms with Crippen LogP contribution >= 0.6 is 0 Å². The molecule has 5 heteroatoms. The van der Waals surface area contributed by atoms with E-state index in [1.807, 2.05) is 6.92 Å². The summed E-state index contributed by atoms with van der Waals surface area (Å²) in [6.07, 6.45) is 3.96. The highest BCUT2D eigenvalue weighted by molar-refractivity contribution is 5.17. The second kappa shape index (κ2) is 4.18. The van der Waals surface area contributed by atoms with Crippen LogP contribution in [0.4, 0.5) is 0 Å². The van der Waals surface area contributed by atoms with E-state index >= 15 is 0 Å². The molecule has 0 saturated carbocycles. The molecule has 0 bridgehead atoms. The molecule has 0 radical (unpaired) electrons. The molecule has 0 amide bonds. The van der Waals surface area contributed by atoms with Crippen LogP contribution in [0, 0.1) is 0 Å². The molecule has 0 saturated heterocycles. The average molecular weight is 204 g/mol. The van der Waals surface area contributed by atoms with E-state index < -0.39 is 6.10 Å². The lowest BCUT2D eigenvalue weighted by Gasteiger charge is -2.11. The van der Waals surface area contributed by atoms with E-state index in [1.54, 1.807) is 29.2 Å². The van der Waals surface area contributed by atoms with Crippen molar-refractivity contribution < 1.29 is 5.11 Å². The first kappa shape index (κ1) is 9.79. The number of aryl methyl sites for hydroxylation is 1. The fraction of sp³-hybridized carbons (Fsp3) is 0.300. The van der Waals surface area contributed by atoms with Crippen molar-refractivity contribution in [3.8, 4) is 0 Å². The summed E-state index contributed by atoms with van der Waals surface area (Å²) in [7, 11) is 0. The van der Waals surface area contributed by atoms with Crippen molar-refractivity contribution in [1.29, 1.82) is 0 Å². The van der Waals surface area contributed by atoms with Crippen LogP contribution in [0.15, 0.2) is 30.9 Å². The molecular weight excluding hydrogens is 192 g/mol. The van der Waals surface area contributed by atoms with Gasteiger partial charge in [-0.2, -0.15) is 5.10 Å². The Bertz CT molecular complexity index is 426. The first-order valence-electron chi connectivity index (χ1n) is 4.78. The van der Waals surface area contributed by atoms with E-state index in [0.29, 0.717) is 5.69 Å². The maximum absolute atomic E-state index is 10.0. The highest BCUT2D eigenvalue weighted by Crippen LogP contribution is 2.18. The van der Waals surface area contributed by atoms with Gasteiger partial charge >= 0.3 is 0 Å². The van der Waals surface area contributed by atoms with Gasteiger partial charge in [-0.15, -0.1) is 0 Å². The molecule has 1 unspecified atom stereocenters. The Kier molecular flexibility index (Phi) is 2.73. The maximum Gasteiger partial charge on any atom is 0.138 e. The summed E-state index contributed by atoms with van der Waals surface area (Å²) >= 11 is 0. The van der Waals surface area contributed by atoms with Gasteiger partial charge < -0.3 is 5.11 Å². The highest BCUT2D eigenvalue weighted by Gasteiger charge is 2.15. The second-order valence-corrected chi connectivity index (χ2v) is 3.11. The number of hydrogen-bond acceptors (Lipinski definition) is 4. The van der Waals surface area contributed by atoms with Crippen molar-refractivity contribution >= 4 is 0 Å². The van der Waals surface area contributed by atoms with Gasteiger partial charge in [-0.1, -0.05) is 0 Å². The molecule has 0 aliphatic rings. The summed E-state index contributed by atoms with van der Waals surface area (Å²) in [5.74, 6) is 0. The van der Waals surface area contributed by atoms with Crippen LogP contribution in [0.1, 0.15) is 24.4 Å². The number of aliphatic hydroxyl groups excluding tert-OH is 1.